The van der Waals surface area contributed by atoms with Gasteiger partial charge in [0.15, 0.2) is 11.7 Å². The largest absolute Gasteiger partial charge is 0.349 e. The van der Waals surface area contributed by atoms with Gasteiger partial charge in [0.1, 0.15) is 4.99 Å². The number of anilines is 1. The van der Waals surface area contributed by atoms with E-state index in [1.54, 1.807) is 0 Å². The van der Waals surface area contributed by atoms with Crippen LogP contribution in [-0.4, -0.2) is 19.2 Å². The topological polar surface area (TPSA) is 113 Å². The zero-order valence-corrected chi connectivity index (χ0v) is 12.6. The van der Waals surface area contributed by atoms with Gasteiger partial charge in [-0.2, -0.15) is 5.26 Å². The van der Waals surface area contributed by atoms with E-state index >= 15 is 0 Å². The Labute approximate surface area is 128 Å². The van der Waals surface area contributed by atoms with E-state index in [1.807, 2.05) is 6.07 Å². The van der Waals surface area contributed by atoms with E-state index in [1.165, 1.54) is 30.3 Å². The predicted octanol–water partition coefficient (Wildman–Crippen LogP) is 1.36. The molecule has 0 radical (unpaired) electrons. The molecule has 6 nitrogen and oxygen atoms in total. The van der Waals surface area contributed by atoms with Crippen LogP contribution in [0.4, 0.5) is 5.69 Å². The number of primary sulfonamides is 1. The average molecular weight is 323 g/mol. The number of benzene rings is 1. The van der Waals surface area contributed by atoms with Crippen molar-refractivity contribution in [2.24, 2.45) is 11.1 Å². The maximum atomic E-state index is 11.7. The van der Waals surface area contributed by atoms with Gasteiger partial charge in [-0.15, -0.1) is 6.58 Å². The van der Waals surface area contributed by atoms with Gasteiger partial charge in [0, 0.05) is 12.1 Å². The number of hydrogen-bond acceptors (Lipinski definition) is 5. The Morgan fingerprint density at radius 3 is 2.48 bits per heavy atom. The molecule has 0 amide bonds. The molecule has 3 N–H and O–H groups in total. The maximum Gasteiger partial charge on any atom is 0.238 e. The molecule has 110 valence electrons. The fourth-order valence-electron chi connectivity index (χ4n) is 1.48. The first-order valence-electron chi connectivity index (χ1n) is 5.76. The van der Waals surface area contributed by atoms with E-state index in [2.05, 4.69) is 11.9 Å². The summed E-state index contributed by atoms with van der Waals surface area (Å²) in [4.78, 5) is 11.7. The van der Waals surface area contributed by atoms with E-state index in [4.69, 9.17) is 22.6 Å². The molecule has 1 aromatic rings. The van der Waals surface area contributed by atoms with Crippen LogP contribution < -0.4 is 10.5 Å². The number of ketones is 1. The van der Waals surface area contributed by atoms with Gasteiger partial charge in [-0.1, -0.05) is 18.3 Å². The average Bonchev–Trinajstić information content (AvgIpc) is 2.39. The molecule has 1 aromatic carbocycles. The highest BCUT2D eigenvalue weighted by Crippen LogP contribution is 2.15. The van der Waals surface area contributed by atoms with Crippen LogP contribution in [-0.2, 0) is 14.8 Å². The lowest BCUT2D eigenvalue weighted by Crippen LogP contribution is -2.26. The molecule has 21 heavy (non-hydrogen) atoms. The number of hydrogen-bond donors (Lipinski definition) is 2. The van der Waals surface area contributed by atoms with E-state index in [0.717, 1.165) is 0 Å². The Morgan fingerprint density at radius 1 is 1.48 bits per heavy atom. The third-order valence-corrected chi connectivity index (χ3v) is 3.78. The Bertz CT molecular complexity index is 703. The van der Waals surface area contributed by atoms with Crippen LogP contribution in [0.1, 0.15) is 6.42 Å². The normalized spacial score (nSPS) is 12.0. The summed E-state index contributed by atoms with van der Waals surface area (Å²) in [5.41, 5.74) is 0.457. The molecule has 0 aromatic heterocycles. The number of thiocarbonyl (C=S) groups is 1. The Balaban J connectivity index is 2.86. The van der Waals surface area contributed by atoms with Crippen LogP contribution in [0.25, 0.3) is 0 Å². The van der Waals surface area contributed by atoms with Gasteiger partial charge in [0.05, 0.1) is 11.0 Å². The summed E-state index contributed by atoms with van der Waals surface area (Å²) < 4.78 is 22.2. The lowest BCUT2D eigenvalue weighted by atomic mass is 10.0. The second-order valence-corrected chi connectivity index (χ2v) is 6.08. The fourth-order valence-corrected chi connectivity index (χ4v) is 2.30. The second kappa shape index (κ2) is 7.08. The van der Waals surface area contributed by atoms with Crippen LogP contribution in [0, 0.1) is 17.2 Å². The molecule has 8 heteroatoms. The van der Waals surface area contributed by atoms with E-state index < -0.39 is 15.9 Å². The molecule has 1 unspecified atom stereocenters. The van der Waals surface area contributed by atoms with E-state index in [0.29, 0.717) is 5.69 Å². The molecule has 1 atom stereocenters. The minimum atomic E-state index is -3.77. The van der Waals surface area contributed by atoms with E-state index in [9.17, 15) is 13.2 Å². The smallest absolute Gasteiger partial charge is 0.238 e. The molecule has 0 saturated carbocycles. The summed E-state index contributed by atoms with van der Waals surface area (Å²) in [6.45, 7) is 3.43. The third kappa shape index (κ3) is 4.75. The van der Waals surface area contributed by atoms with Crippen molar-refractivity contribution in [1.82, 2.24) is 0 Å². The molecule has 0 fully saturated rings. The molecular weight excluding hydrogens is 310 g/mol. The van der Waals surface area contributed by atoms with Gasteiger partial charge >= 0.3 is 0 Å². The Morgan fingerprint density at radius 2 is 2.05 bits per heavy atom. The van der Waals surface area contributed by atoms with Crippen molar-refractivity contribution in [3.05, 3.63) is 36.9 Å². The quantitative estimate of drug-likeness (QED) is 0.603. The number of rotatable bonds is 6. The van der Waals surface area contributed by atoms with E-state index in [-0.39, 0.29) is 22.1 Å². The SMILES string of the molecule is C=CCC(=O)C(C#N)C(=S)Nc1ccc(S(N)(=O)=O)cc1. The number of nitrogens with zero attached hydrogens (tertiary/aromatic N) is 1. The molecule has 0 heterocycles. The van der Waals surface area contributed by atoms with Crippen molar-refractivity contribution >= 4 is 38.7 Å². The van der Waals surface area contributed by atoms with Crippen molar-refractivity contribution in [1.29, 1.82) is 5.26 Å². The first kappa shape index (κ1) is 17.0. The van der Waals surface area contributed by atoms with Gasteiger partial charge in [-0.05, 0) is 24.3 Å². The first-order chi connectivity index (χ1) is 9.79. The molecule has 0 aliphatic heterocycles. The molecule has 0 aliphatic rings. The highest BCUT2D eigenvalue weighted by atomic mass is 32.2. The van der Waals surface area contributed by atoms with Gasteiger partial charge < -0.3 is 5.32 Å². The van der Waals surface area contributed by atoms with Crippen LogP contribution in [0.15, 0.2) is 41.8 Å². The van der Waals surface area contributed by atoms with Gasteiger partial charge in [-0.3, -0.25) is 4.79 Å². The first-order valence-corrected chi connectivity index (χ1v) is 7.72. The molecule has 0 saturated heterocycles. The minimum Gasteiger partial charge on any atom is -0.349 e. The molecule has 1 rings (SSSR count). The van der Waals surface area contributed by atoms with Gasteiger partial charge in [-0.25, -0.2) is 13.6 Å². The number of nitrogens with two attached hydrogens (primary N) is 1. The molecule has 0 aliphatic carbocycles. The highest BCUT2D eigenvalue weighted by molar-refractivity contribution is 7.89. The zero-order chi connectivity index (χ0) is 16.0. The van der Waals surface area contributed by atoms with Crippen molar-refractivity contribution in [3.63, 3.8) is 0 Å². The fraction of sp³-hybridized carbons (Fsp3) is 0.154. The summed E-state index contributed by atoms with van der Waals surface area (Å²) in [5, 5.41) is 16.7. The Kier molecular flexibility index (Phi) is 5.72. The highest BCUT2D eigenvalue weighted by Gasteiger charge is 2.21. The van der Waals surface area contributed by atoms with Crippen molar-refractivity contribution in [2.75, 3.05) is 5.32 Å². The summed E-state index contributed by atoms with van der Waals surface area (Å²) in [6, 6.07) is 7.31. The number of sulfonamides is 1. The van der Waals surface area contributed by atoms with Crippen LogP contribution in [0.2, 0.25) is 0 Å². The summed E-state index contributed by atoms with van der Waals surface area (Å²) in [5.74, 6) is -1.43. The number of nitrogens with one attached hydrogen (secondary N) is 1. The van der Waals surface area contributed by atoms with Crippen molar-refractivity contribution < 1.29 is 13.2 Å². The molecule has 0 spiro atoms. The zero-order valence-electron chi connectivity index (χ0n) is 10.9. The summed E-state index contributed by atoms with van der Waals surface area (Å²) in [7, 11) is -3.77. The number of allylic oxidation sites excluding steroid dienone is 1. The van der Waals surface area contributed by atoms with Crippen molar-refractivity contribution in [3.8, 4) is 6.07 Å². The lowest BCUT2D eigenvalue weighted by molar-refractivity contribution is -0.118. The summed E-state index contributed by atoms with van der Waals surface area (Å²) in [6.07, 6.45) is 1.45. The van der Waals surface area contributed by atoms with Crippen molar-refractivity contribution in [2.45, 2.75) is 11.3 Å². The van der Waals surface area contributed by atoms with Gasteiger partial charge in [0.25, 0.3) is 0 Å². The lowest BCUT2D eigenvalue weighted by Gasteiger charge is -2.12. The standard InChI is InChI=1S/C13H13N3O3S2/c1-2-3-12(17)11(8-14)13(20)16-9-4-6-10(7-5-9)21(15,18)19/h2,4-7,11H,1,3H2,(H,16,20)(H2,15,18,19). The Hall–Kier alpha value is -2.08. The minimum absolute atomic E-state index is 0.0430. The molecular formula is C13H13N3O3S2. The summed E-state index contributed by atoms with van der Waals surface area (Å²) >= 11 is 5.02. The van der Waals surface area contributed by atoms with Crippen LogP contribution in [0.5, 0.6) is 0 Å². The predicted molar refractivity (Wildman–Crippen MR) is 83.0 cm³/mol. The molecule has 0 bridgehead atoms. The number of nitriles is 1. The number of carbonyl (C=O) groups is 1. The number of Topliss-reactive ketones (excluding diaryl/α,β-unsaturated/α-hetero) is 1. The third-order valence-electron chi connectivity index (χ3n) is 2.51. The monoisotopic (exact) mass is 323 g/mol. The maximum absolute atomic E-state index is 11.7. The number of carbonyl (C=O) groups excluding carboxylic acids is 1. The van der Waals surface area contributed by atoms with Crippen LogP contribution in [0.3, 0.4) is 0 Å². The van der Waals surface area contributed by atoms with Crippen LogP contribution >= 0.6 is 12.2 Å². The second-order valence-electron chi connectivity index (χ2n) is 4.08. The van der Waals surface area contributed by atoms with Gasteiger partial charge in [0.2, 0.25) is 10.0 Å².